The molecule has 0 aromatic rings. The van der Waals surface area contributed by atoms with Crippen molar-refractivity contribution in [1.82, 2.24) is 0 Å². The normalized spacial score (nSPS) is 24.4. The van der Waals surface area contributed by atoms with Crippen LogP contribution in [0, 0.1) is 11.8 Å². The molecule has 12 nitrogen and oxygen atoms in total. The summed E-state index contributed by atoms with van der Waals surface area (Å²) in [7, 11) is 1.26. The van der Waals surface area contributed by atoms with Crippen molar-refractivity contribution in [2.45, 2.75) is 83.2 Å². The summed E-state index contributed by atoms with van der Waals surface area (Å²) in [6, 6.07) is 0. The van der Waals surface area contributed by atoms with Gasteiger partial charge in [0.15, 0.2) is 6.10 Å². The molecule has 41 heavy (non-hydrogen) atoms. The number of esters is 2. The van der Waals surface area contributed by atoms with Gasteiger partial charge in [0.2, 0.25) is 0 Å². The van der Waals surface area contributed by atoms with Crippen LogP contribution in [0.1, 0.15) is 58.8 Å². The van der Waals surface area contributed by atoms with E-state index in [2.05, 4.69) is 6.92 Å². The highest BCUT2D eigenvalue weighted by Gasteiger charge is 2.39. The summed E-state index contributed by atoms with van der Waals surface area (Å²) in [5.74, 6) is -1.91. The van der Waals surface area contributed by atoms with E-state index in [4.69, 9.17) is 18.5 Å². The number of carbonyl (C=O) groups excluding carboxylic acids is 2. The standard InChI is InChI=1S/C28H50NO11P/c1-6-7-8-11-22(31)14-15-25-24(26(32)18-27(25)33)12-9-10-13-28(34)40-23(19-37-21(2)30)20-39-41(35,36)38-17-16-29(3,4)5/h9-10,14-15,22-27,31-33H,6-8,11-13,16-20H2,1-5H3/p+1/b10-9-,15-14+/t22-,23-,24+,25-,26+,27-/m1/s1. The summed E-state index contributed by atoms with van der Waals surface area (Å²) < 4.78 is 32.8. The van der Waals surface area contributed by atoms with E-state index in [1.165, 1.54) is 6.92 Å². The van der Waals surface area contributed by atoms with E-state index in [9.17, 15) is 34.4 Å². The second kappa shape index (κ2) is 18.8. The molecule has 1 fully saturated rings. The van der Waals surface area contributed by atoms with Crippen LogP contribution in [0.25, 0.3) is 0 Å². The van der Waals surface area contributed by atoms with Crippen molar-refractivity contribution >= 4 is 19.8 Å². The van der Waals surface area contributed by atoms with Crippen LogP contribution in [-0.2, 0) is 32.7 Å². The highest BCUT2D eigenvalue weighted by Crippen LogP contribution is 2.43. The van der Waals surface area contributed by atoms with Crippen LogP contribution in [0.15, 0.2) is 24.3 Å². The van der Waals surface area contributed by atoms with Crippen molar-refractivity contribution < 1.29 is 57.4 Å². The molecule has 0 aliphatic heterocycles. The first-order valence-corrected chi connectivity index (χ1v) is 15.8. The fourth-order valence-corrected chi connectivity index (χ4v) is 5.04. The Bertz CT molecular complexity index is 889. The number of phosphoric ester groups is 1. The minimum atomic E-state index is -4.42. The summed E-state index contributed by atoms with van der Waals surface area (Å²) in [6.07, 6.45) is 7.68. The largest absolute Gasteiger partial charge is 0.472 e. The van der Waals surface area contributed by atoms with E-state index in [1.54, 1.807) is 24.3 Å². The molecule has 1 aliphatic carbocycles. The van der Waals surface area contributed by atoms with Crippen molar-refractivity contribution in [2.75, 3.05) is 47.5 Å². The average Bonchev–Trinajstić information content (AvgIpc) is 3.13. The number of aliphatic hydroxyl groups is 3. The summed E-state index contributed by atoms with van der Waals surface area (Å²) >= 11 is 0. The number of unbranched alkanes of at least 4 members (excludes halogenated alkanes) is 2. The Morgan fingerprint density at radius 2 is 1.78 bits per heavy atom. The lowest BCUT2D eigenvalue weighted by Crippen LogP contribution is -2.37. The van der Waals surface area contributed by atoms with E-state index in [-0.39, 0.29) is 37.9 Å². The molecule has 1 aliphatic rings. The highest BCUT2D eigenvalue weighted by atomic mass is 31.2. The number of allylic oxidation sites excluding steroid dienone is 1. The van der Waals surface area contributed by atoms with Gasteiger partial charge in [-0.3, -0.25) is 18.6 Å². The van der Waals surface area contributed by atoms with Crippen LogP contribution >= 0.6 is 7.82 Å². The molecule has 4 N–H and O–H groups in total. The molecule has 7 atom stereocenters. The molecule has 238 valence electrons. The molecule has 0 bridgehead atoms. The molecule has 0 radical (unpaired) electrons. The summed E-state index contributed by atoms with van der Waals surface area (Å²) in [5.41, 5.74) is 0. The van der Waals surface area contributed by atoms with Gasteiger partial charge in [-0.15, -0.1) is 0 Å². The van der Waals surface area contributed by atoms with Crippen molar-refractivity contribution in [2.24, 2.45) is 11.8 Å². The third kappa shape index (κ3) is 17.2. The molecule has 13 heteroatoms. The predicted octanol–water partition coefficient (Wildman–Crippen LogP) is 2.49. The number of likely N-dealkylation sites (N-methyl/N-ethyl adjacent to an activating group) is 1. The van der Waals surface area contributed by atoms with Gasteiger partial charge >= 0.3 is 19.8 Å². The van der Waals surface area contributed by atoms with E-state index >= 15 is 0 Å². The number of rotatable bonds is 20. The quantitative estimate of drug-likeness (QED) is 0.0527. The average molecular weight is 609 g/mol. The van der Waals surface area contributed by atoms with Crippen LogP contribution in [0.2, 0.25) is 0 Å². The van der Waals surface area contributed by atoms with Crippen LogP contribution in [0.5, 0.6) is 0 Å². The van der Waals surface area contributed by atoms with Gasteiger partial charge in [0.1, 0.15) is 19.8 Å². The number of quaternary nitrogens is 1. The Morgan fingerprint density at radius 3 is 2.41 bits per heavy atom. The zero-order chi connectivity index (χ0) is 31.1. The third-order valence-electron chi connectivity index (χ3n) is 6.64. The Balaban J connectivity index is 2.62. The SMILES string of the molecule is CCCCC[C@@H](O)/C=C/[C@@H]1[C@H](C/C=C\CC(=O)O[C@H](COC(C)=O)COP(=O)(O)OCC[N+](C)(C)C)[C@@H](O)C[C@H]1O. The monoisotopic (exact) mass is 608 g/mol. The lowest BCUT2D eigenvalue weighted by Gasteiger charge is -2.24. The maximum absolute atomic E-state index is 12.4. The highest BCUT2D eigenvalue weighted by molar-refractivity contribution is 7.47. The first-order chi connectivity index (χ1) is 19.1. The molecule has 0 aromatic heterocycles. The molecule has 0 aromatic carbocycles. The van der Waals surface area contributed by atoms with Crippen LogP contribution in [-0.4, -0.2) is 109 Å². The fraction of sp³-hybridized carbons (Fsp3) is 0.786. The van der Waals surface area contributed by atoms with Crippen molar-refractivity contribution in [3.8, 4) is 0 Å². The van der Waals surface area contributed by atoms with Gasteiger partial charge in [0.25, 0.3) is 0 Å². The predicted molar refractivity (Wildman–Crippen MR) is 152 cm³/mol. The van der Waals surface area contributed by atoms with Crippen molar-refractivity contribution in [1.29, 1.82) is 0 Å². The Morgan fingerprint density at radius 1 is 1.07 bits per heavy atom. The zero-order valence-electron chi connectivity index (χ0n) is 25.1. The minimum absolute atomic E-state index is 0.0284. The summed E-state index contributed by atoms with van der Waals surface area (Å²) in [4.78, 5) is 33.5. The second-order valence-electron chi connectivity index (χ2n) is 11.5. The molecule has 0 saturated heterocycles. The molecule has 0 amide bonds. The van der Waals surface area contributed by atoms with Gasteiger partial charge in [-0.1, -0.05) is 50.5 Å². The van der Waals surface area contributed by atoms with Gasteiger partial charge in [-0.2, -0.15) is 0 Å². The number of phosphoric acid groups is 1. The van der Waals surface area contributed by atoms with Crippen LogP contribution < -0.4 is 0 Å². The maximum Gasteiger partial charge on any atom is 0.472 e. The Hall–Kier alpha value is -1.63. The van der Waals surface area contributed by atoms with E-state index < -0.39 is 50.8 Å². The van der Waals surface area contributed by atoms with Gasteiger partial charge < -0.3 is 34.2 Å². The number of hydrogen-bond donors (Lipinski definition) is 4. The van der Waals surface area contributed by atoms with Crippen LogP contribution in [0.3, 0.4) is 0 Å². The fourth-order valence-electron chi connectivity index (χ4n) is 4.30. The lowest BCUT2D eigenvalue weighted by atomic mass is 9.89. The van der Waals surface area contributed by atoms with Gasteiger partial charge in [0.05, 0.1) is 52.5 Å². The number of carbonyl (C=O) groups is 2. The molecule has 1 unspecified atom stereocenters. The lowest BCUT2D eigenvalue weighted by molar-refractivity contribution is -0.870. The minimum Gasteiger partial charge on any atom is -0.462 e. The van der Waals surface area contributed by atoms with Gasteiger partial charge in [0, 0.05) is 19.3 Å². The van der Waals surface area contributed by atoms with E-state index in [1.807, 2.05) is 21.1 Å². The third-order valence-corrected chi connectivity index (χ3v) is 7.63. The Labute approximate surface area is 244 Å². The van der Waals surface area contributed by atoms with Crippen LogP contribution in [0.4, 0.5) is 0 Å². The molecule has 1 saturated carbocycles. The number of nitrogens with zero attached hydrogens (tertiary/aromatic N) is 1. The molecular weight excluding hydrogens is 557 g/mol. The summed E-state index contributed by atoms with van der Waals surface area (Å²) in [6.45, 7) is 2.81. The van der Waals surface area contributed by atoms with Crippen molar-refractivity contribution in [3.05, 3.63) is 24.3 Å². The first-order valence-electron chi connectivity index (χ1n) is 14.3. The molecule has 0 spiro atoms. The molecular formula is C28H51NO11P+. The topological polar surface area (TPSA) is 169 Å². The zero-order valence-corrected chi connectivity index (χ0v) is 26.0. The van der Waals surface area contributed by atoms with Crippen molar-refractivity contribution in [3.63, 3.8) is 0 Å². The number of aliphatic hydroxyl groups excluding tert-OH is 3. The van der Waals surface area contributed by atoms with Gasteiger partial charge in [-0.05, 0) is 18.8 Å². The Kier molecular flexibility index (Phi) is 17.2. The smallest absolute Gasteiger partial charge is 0.462 e. The van der Waals surface area contributed by atoms with Gasteiger partial charge in [-0.25, -0.2) is 4.57 Å². The molecule has 1 rings (SSSR count). The number of ether oxygens (including phenoxy) is 2. The second-order valence-corrected chi connectivity index (χ2v) is 13.0. The van der Waals surface area contributed by atoms with E-state index in [0.29, 0.717) is 23.9 Å². The number of hydrogen-bond acceptors (Lipinski definition) is 10. The molecule has 0 heterocycles. The summed E-state index contributed by atoms with van der Waals surface area (Å²) in [5, 5.41) is 31.0. The maximum atomic E-state index is 12.4. The van der Waals surface area contributed by atoms with E-state index in [0.717, 1.165) is 19.3 Å². The first kappa shape index (κ1) is 37.4.